The molecule has 0 saturated carbocycles. The van der Waals surface area contributed by atoms with Crippen molar-refractivity contribution in [2.45, 2.75) is 164 Å². The number of aromatic nitrogens is 1. The van der Waals surface area contributed by atoms with Crippen molar-refractivity contribution in [1.82, 2.24) is 4.98 Å². The fraction of sp³-hybridized carbons (Fsp3) is 0.458. The molecule has 0 aliphatic carbocycles. The van der Waals surface area contributed by atoms with Crippen molar-refractivity contribution in [3.63, 3.8) is 0 Å². The smallest absolute Gasteiger partial charge is 0.274 e. The number of aromatic amines is 1. The van der Waals surface area contributed by atoms with Crippen LogP contribution in [0.25, 0.3) is 10.9 Å². The van der Waals surface area contributed by atoms with Crippen LogP contribution in [0.1, 0.15) is 160 Å². The largest absolute Gasteiger partial charge is 0.497 e. The van der Waals surface area contributed by atoms with Gasteiger partial charge in [0, 0.05) is 85.7 Å². The first-order valence-electron chi connectivity index (χ1n) is 31.3. The van der Waals surface area contributed by atoms with Crippen LogP contribution in [-0.2, 0) is 9.47 Å². The minimum atomic E-state index is -0.967. The summed E-state index contributed by atoms with van der Waals surface area (Å²) in [6.45, 7) is 26.0. The molecular weight excluding hydrogens is 1470 g/mol. The number of rotatable bonds is 17. The molecule has 90 heavy (non-hydrogen) atoms. The number of unbranched alkanes of at least 4 members (excludes halogenated alkanes) is 3. The fourth-order valence-electron chi connectivity index (χ4n) is 9.34. The van der Waals surface area contributed by atoms with Gasteiger partial charge in [-0.05, 0) is 136 Å². The Morgan fingerprint density at radius 2 is 1.12 bits per heavy atom. The van der Waals surface area contributed by atoms with Gasteiger partial charge >= 0.3 is 105 Å². The van der Waals surface area contributed by atoms with E-state index in [4.69, 9.17) is 72.2 Å². The van der Waals surface area contributed by atoms with Gasteiger partial charge in [-0.15, -0.1) is 34.8 Å². The van der Waals surface area contributed by atoms with E-state index in [1.165, 1.54) is 71.0 Å². The van der Waals surface area contributed by atoms with Gasteiger partial charge in [-0.1, -0.05) is 138 Å². The van der Waals surface area contributed by atoms with Crippen LogP contribution in [0, 0.1) is 6.92 Å². The molecule has 8 rings (SSSR count). The van der Waals surface area contributed by atoms with Crippen LogP contribution < -0.4 is 19.4 Å². The summed E-state index contributed by atoms with van der Waals surface area (Å²) in [5, 5.41) is 0.957. The number of fused-ring (bicyclic) bond motifs is 3. The van der Waals surface area contributed by atoms with Gasteiger partial charge in [0.25, 0.3) is 5.91 Å². The molecule has 2 unspecified atom stereocenters. The van der Waals surface area contributed by atoms with Crippen LogP contribution >= 0.6 is 89.9 Å². The van der Waals surface area contributed by atoms with E-state index >= 15 is 0 Å². The molecule has 0 saturated heterocycles. The summed E-state index contributed by atoms with van der Waals surface area (Å²) in [6.07, 6.45) is 12.8. The number of carbonyl (C=O) groups is 3. The monoisotopic (exact) mass is 1570 g/mol. The quantitative estimate of drug-likeness (QED) is 0.0721. The number of benzene rings is 5. The standard InChI is InChI=1S/C19H17ClN2O2.C14H17BrClNO2.C14H18ClNO2.C7H7Br.3C4H9.C3H4Cl2.C3H8.Sn.H/c1-24-14-6-7-16-12(8-14)9-17(21-16)19(23)22-11-13(10-20)15-4-2-3-5-18(15)22;1-14(2,3)19-13(18)17(10-6-9-16)12-8-5-4-7-11(12)15;1-14(2,3)18-13(17)16-9-10(8-15)11-6-4-5-7-12(11)16;1-6-4-2-3-5-7(6)8;3*1-3-4-2;4-2-1-3-5;1-3-2;;/h2-9,13,21H,10-11H2,1H3;4-9H,10H2,1-3H3;4-7,10H,8-9H2,1-3H3;2-5H,1H3;3*1,3-4H2,2H3;1-2H,3H2;3H2,1-2H3;;/b;9-6+;;;;;;2-1+;;;. The van der Waals surface area contributed by atoms with Crippen molar-refractivity contribution in [1.29, 1.82) is 0 Å². The first-order chi connectivity index (χ1) is 43.0. The van der Waals surface area contributed by atoms with Crippen LogP contribution in [0.3, 0.4) is 0 Å². The molecular formula is C72H99Br2Cl5N4O6Sn. The van der Waals surface area contributed by atoms with Crippen LogP contribution in [0.5, 0.6) is 5.75 Å². The number of methoxy groups -OCH3 is 1. The first kappa shape index (κ1) is 82.2. The van der Waals surface area contributed by atoms with E-state index in [9.17, 15) is 14.4 Å². The second kappa shape index (κ2) is 45.5. The topological polar surface area (TPSA) is 104 Å². The molecule has 1 aromatic heterocycles. The molecule has 6 aromatic rings. The summed E-state index contributed by atoms with van der Waals surface area (Å²) in [5.74, 6) is 2.62. The zero-order chi connectivity index (χ0) is 67.2. The molecule has 5 aromatic carbocycles. The molecule has 18 heteroatoms. The number of allylic oxidation sites excluding steroid dienone is 1. The van der Waals surface area contributed by atoms with Crippen molar-refractivity contribution in [3.8, 4) is 5.75 Å². The number of carbonyl (C=O) groups excluding carboxylic acids is 3. The van der Waals surface area contributed by atoms with E-state index < -0.39 is 37.1 Å². The Hall–Kier alpha value is -3.86. The van der Waals surface area contributed by atoms with Crippen molar-refractivity contribution >= 4 is 156 Å². The Balaban J connectivity index is 0.000000383. The van der Waals surface area contributed by atoms with E-state index in [1.54, 1.807) is 37.5 Å². The third kappa shape index (κ3) is 30.0. The predicted octanol–water partition coefficient (Wildman–Crippen LogP) is 23.6. The number of hydrogen-bond acceptors (Lipinski definition) is 6. The average Bonchev–Trinajstić information content (AvgIpc) is 1.67. The van der Waals surface area contributed by atoms with Crippen molar-refractivity contribution < 1.29 is 28.6 Å². The molecule has 2 aliphatic heterocycles. The maximum absolute atomic E-state index is 13.0. The molecule has 0 radical (unpaired) electrons. The Morgan fingerprint density at radius 1 is 0.644 bits per heavy atom. The molecule has 496 valence electrons. The third-order valence-electron chi connectivity index (χ3n) is 13.7. The molecule has 2 aliphatic rings. The normalized spacial score (nSPS) is 13.7. The summed E-state index contributed by atoms with van der Waals surface area (Å²) >= 11 is 33.6. The summed E-state index contributed by atoms with van der Waals surface area (Å²) in [6, 6.07) is 39.0. The second-order valence-corrected chi connectivity index (χ2v) is 36.7. The maximum Gasteiger partial charge on any atom is 0.274 e. The van der Waals surface area contributed by atoms with Gasteiger partial charge in [-0.2, -0.15) is 0 Å². The zero-order valence-electron chi connectivity index (χ0n) is 55.3. The molecule has 0 fully saturated rings. The van der Waals surface area contributed by atoms with Gasteiger partial charge in [0.15, 0.2) is 0 Å². The Kier molecular flexibility index (Phi) is 41.5. The third-order valence-corrected chi connectivity index (χ3v) is 27.0. The number of nitrogens with zero attached hydrogens (tertiary/aromatic N) is 3. The van der Waals surface area contributed by atoms with Gasteiger partial charge < -0.3 is 24.1 Å². The number of nitrogens with one attached hydrogen (secondary N) is 1. The van der Waals surface area contributed by atoms with Crippen LogP contribution in [0.15, 0.2) is 153 Å². The van der Waals surface area contributed by atoms with E-state index in [0.29, 0.717) is 43.0 Å². The molecule has 3 amide bonds. The van der Waals surface area contributed by atoms with Gasteiger partial charge in [0.05, 0.1) is 18.5 Å². The molecule has 1 N–H and O–H groups in total. The Morgan fingerprint density at radius 3 is 1.56 bits per heavy atom. The number of alkyl halides is 3. The molecule has 3 heterocycles. The number of anilines is 3. The van der Waals surface area contributed by atoms with E-state index in [0.717, 1.165) is 49.3 Å². The summed E-state index contributed by atoms with van der Waals surface area (Å²) in [4.78, 5) is 45.6. The van der Waals surface area contributed by atoms with Crippen LogP contribution in [0.2, 0.25) is 13.3 Å². The summed E-state index contributed by atoms with van der Waals surface area (Å²) in [5.41, 5.74) is 9.40. The Bertz CT molecular complexity index is 3040. The number of amides is 3. The van der Waals surface area contributed by atoms with E-state index in [2.05, 4.69) is 84.5 Å². The van der Waals surface area contributed by atoms with Crippen molar-refractivity contribution in [2.24, 2.45) is 0 Å². The van der Waals surface area contributed by atoms with Gasteiger partial charge in [-0.3, -0.25) is 14.6 Å². The summed E-state index contributed by atoms with van der Waals surface area (Å²) in [7, 11) is 1.63. The predicted molar refractivity (Wildman–Crippen MR) is 399 cm³/mol. The molecule has 2 atom stereocenters. The second-order valence-electron chi connectivity index (χ2n) is 23.6. The minimum Gasteiger partial charge on any atom is -0.497 e. The first-order valence-corrected chi connectivity index (χ1v) is 42.3. The Labute approximate surface area is 589 Å². The van der Waals surface area contributed by atoms with Gasteiger partial charge in [0.2, 0.25) is 0 Å². The SMILES string of the molecule is CC(C)(C)OC(=O)N(C/C=C/Cl)c1ccccc1Br.CC(C)(C)OC(=O)N1CC(CCl)c2ccccc21.CCC.CCC[CH2][SnH]([CH2]CCC)[CH2]CCC.COc1ccc2[nH]c(C(=O)N3CC(CCl)c4ccccc43)cc2c1.Cc1ccccc1Br.Cl/C=C/CCl. The molecule has 0 spiro atoms. The van der Waals surface area contributed by atoms with Crippen molar-refractivity contribution in [3.05, 3.63) is 176 Å². The number of aryl methyl sites for hydroxylation is 1. The molecule has 10 nitrogen and oxygen atoms in total. The van der Waals surface area contributed by atoms with Gasteiger partial charge in [0.1, 0.15) is 22.6 Å². The summed E-state index contributed by atoms with van der Waals surface area (Å²) < 4.78 is 23.1. The van der Waals surface area contributed by atoms with E-state index in [-0.39, 0.29) is 23.8 Å². The number of halogens is 7. The number of ether oxygens (including phenoxy) is 3. The zero-order valence-corrected chi connectivity index (χ0v) is 65.6. The number of H-pyrrole nitrogens is 1. The van der Waals surface area contributed by atoms with Crippen LogP contribution in [-0.4, -0.2) is 98.4 Å². The fourth-order valence-corrected chi connectivity index (χ4v) is 21.9. The van der Waals surface area contributed by atoms with Crippen LogP contribution in [0.4, 0.5) is 26.7 Å². The molecule has 0 bridgehead atoms. The van der Waals surface area contributed by atoms with Crippen molar-refractivity contribution in [2.75, 3.05) is 59.1 Å². The van der Waals surface area contributed by atoms with E-state index in [1.807, 2.05) is 162 Å². The van der Waals surface area contributed by atoms with Gasteiger partial charge in [-0.25, -0.2) is 9.59 Å². The average molecular weight is 1570 g/mol. The minimum absolute atomic E-state index is 0.0368. The number of para-hydroxylation sites is 3. The maximum atomic E-state index is 13.0. The number of hydrogen-bond donors (Lipinski definition) is 1.